The van der Waals surface area contributed by atoms with Gasteiger partial charge in [0.1, 0.15) is 5.82 Å². The standard InChI is InChI=1S/C12H13FO3S/c13-10-4-3-8(12(14)15)6-11(10)17-9-2-1-5-16-7-9/h3-4,6,9H,1-2,5,7H2,(H,14,15). The number of carboxylic acids is 1. The van der Waals surface area contributed by atoms with Gasteiger partial charge in [-0.3, -0.25) is 0 Å². The highest BCUT2D eigenvalue weighted by Crippen LogP contribution is 2.31. The van der Waals surface area contributed by atoms with Crippen molar-refractivity contribution in [3.8, 4) is 0 Å². The van der Waals surface area contributed by atoms with Crippen LogP contribution in [0.15, 0.2) is 23.1 Å². The Balaban J connectivity index is 2.13. The van der Waals surface area contributed by atoms with E-state index in [9.17, 15) is 9.18 Å². The fraction of sp³-hybridized carbons (Fsp3) is 0.417. The van der Waals surface area contributed by atoms with Crippen molar-refractivity contribution >= 4 is 17.7 Å². The van der Waals surface area contributed by atoms with Crippen molar-refractivity contribution in [2.24, 2.45) is 0 Å². The molecule has 17 heavy (non-hydrogen) atoms. The molecule has 0 aromatic heterocycles. The molecule has 2 rings (SSSR count). The maximum absolute atomic E-state index is 13.5. The molecule has 1 aliphatic heterocycles. The van der Waals surface area contributed by atoms with E-state index in [0.29, 0.717) is 11.5 Å². The third kappa shape index (κ3) is 3.20. The number of hydrogen-bond donors (Lipinski definition) is 1. The Morgan fingerprint density at radius 2 is 2.35 bits per heavy atom. The summed E-state index contributed by atoms with van der Waals surface area (Å²) in [5.74, 6) is -1.41. The van der Waals surface area contributed by atoms with Gasteiger partial charge in [0.05, 0.1) is 12.2 Å². The summed E-state index contributed by atoms with van der Waals surface area (Å²) in [7, 11) is 0. The van der Waals surface area contributed by atoms with Crippen LogP contribution in [-0.4, -0.2) is 29.5 Å². The minimum absolute atomic E-state index is 0.116. The quantitative estimate of drug-likeness (QED) is 0.903. The number of ether oxygens (including phenoxy) is 1. The summed E-state index contributed by atoms with van der Waals surface area (Å²) in [5, 5.41) is 9.06. The Kier molecular flexibility index (Phi) is 4.02. The van der Waals surface area contributed by atoms with Gasteiger partial charge in [0.25, 0.3) is 0 Å². The van der Waals surface area contributed by atoms with Gasteiger partial charge in [0, 0.05) is 16.8 Å². The number of carboxylic acid groups (broad SMARTS) is 1. The average Bonchev–Trinajstić information content (AvgIpc) is 2.33. The highest BCUT2D eigenvalue weighted by Gasteiger charge is 2.18. The highest BCUT2D eigenvalue weighted by atomic mass is 32.2. The Bertz CT molecular complexity index is 416. The maximum Gasteiger partial charge on any atom is 0.335 e. The first-order valence-electron chi connectivity index (χ1n) is 5.44. The van der Waals surface area contributed by atoms with E-state index in [1.807, 2.05) is 0 Å². The molecule has 0 saturated carbocycles. The Hall–Kier alpha value is -1.07. The number of thioether (sulfide) groups is 1. The Labute approximate surface area is 103 Å². The molecule has 0 spiro atoms. The molecule has 1 heterocycles. The van der Waals surface area contributed by atoms with Crippen LogP contribution in [0.25, 0.3) is 0 Å². The van der Waals surface area contributed by atoms with Crippen molar-refractivity contribution in [2.45, 2.75) is 23.0 Å². The molecule has 0 amide bonds. The van der Waals surface area contributed by atoms with Gasteiger partial charge in [0.2, 0.25) is 0 Å². The van der Waals surface area contributed by atoms with Crippen LogP contribution in [-0.2, 0) is 4.74 Å². The van der Waals surface area contributed by atoms with Gasteiger partial charge in [0.15, 0.2) is 0 Å². The minimum atomic E-state index is -1.04. The molecule has 1 fully saturated rings. The molecule has 0 bridgehead atoms. The zero-order valence-electron chi connectivity index (χ0n) is 9.19. The van der Waals surface area contributed by atoms with Crippen LogP contribution < -0.4 is 0 Å². The summed E-state index contributed by atoms with van der Waals surface area (Å²) in [6.45, 7) is 1.36. The second-order valence-corrected chi connectivity index (χ2v) is 5.25. The molecule has 1 aliphatic rings. The van der Waals surface area contributed by atoms with Crippen LogP contribution in [0.2, 0.25) is 0 Å². The van der Waals surface area contributed by atoms with Gasteiger partial charge in [-0.05, 0) is 31.0 Å². The van der Waals surface area contributed by atoms with E-state index in [-0.39, 0.29) is 16.6 Å². The number of aromatic carboxylic acids is 1. The summed E-state index contributed by atoms with van der Waals surface area (Å²) in [5.41, 5.74) is 0.116. The van der Waals surface area contributed by atoms with Gasteiger partial charge in [-0.2, -0.15) is 0 Å². The zero-order chi connectivity index (χ0) is 12.3. The molecule has 1 saturated heterocycles. The SMILES string of the molecule is O=C(O)c1ccc(F)c(SC2CCCOC2)c1. The molecule has 5 heteroatoms. The Morgan fingerprint density at radius 3 is 3.00 bits per heavy atom. The fourth-order valence-electron chi connectivity index (χ4n) is 1.71. The predicted molar refractivity (Wildman–Crippen MR) is 63.1 cm³/mol. The van der Waals surface area contributed by atoms with E-state index in [1.54, 1.807) is 0 Å². The van der Waals surface area contributed by atoms with Gasteiger partial charge < -0.3 is 9.84 Å². The van der Waals surface area contributed by atoms with Crippen LogP contribution in [0.3, 0.4) is 0 Å². The molecule has 1 aromatic carbocycles. The van der Waals surface area contributed by atoms with Crippen molar-refractivity contribution in [2.75, 3.05) is 13.2 Å². The number of benzene rings is 1. The molecule has 1 unspecified atom stereocenters. The largest absolute Gasteiger partial charge is 0.478 e. The molecular weight excluding hydrogens is 243 g/mol. The van der Waals surface area contributed by atoms with E-state index in [1.165, 1.54) is 30.0 Å². The van der Waals surface area contributed by atoms with Crippen molar-refractivity contribution in [1.29, 1.82) is 0 Å². The fourth-order valence-corrected chi connectivity index (χ4v) is 2.89. The lowest BCUT2D eigenvalue weighted by atomic mass is 10.2. The van der Waals surface area contributed by atoms with Crippen molar-refractivity contribution < 1.29 is 19.0 Å². The van der Waals surface area contributed by atoms with E-state index >= 15 is 0 Å². The monoisotopic (exact) mass is 256 g/mol. The van der Waals surface area contributed by atoms with E-state index in [2.05, 4.69) is 0 Å². The molecule has 0 aliphatic carbocycles. The van der Waals surface area contributed by atoms with Gasteiger partial charge >= 0.3 is 5.97 Å². The number of rotatable bonds is 3. The third-order valence-electron chi connectivity index (χ3n) is 2.59. The second kappa shape index (κ2) is 5.51. The van der Waals surface area contributed by atoms with Crippen molar-refractivity contribution in [3.63, 3.8) is 0 Å². The Morgan fingerprint density at radius 1 is 1.53 bits per heavy atom. The number of carbonyl (C=O) groups is 1. The molecule has 1 N–H and O–H groups in total. The molecule has 1 aromatic rings. The van der Waals surface area contributed by atoms with E-state index in [4.69, 9.17) is 9.84 Å². The lowest BCUT2D eigenvalue weighted by Crippen LogP contribution is -2.19. The van der Waals surface area contributed by atoms with Crippen molar-refractivity contribution in [3.05, 3.63) is 29.6 Å². The first-order chi connectivity index (χ1) is 8.16. The first-order valence-corrected chi connectivity index (χ1v) is 6.32. The molecule has 3 nitrogen and oxygen atoms in total. The van der Waals surface area contributed by atoms with Crippen molar-refractivity contribution in [1.82, 2.24) is 0 Å². The van der Waals surface area contributed by atoms with Crippen LogP contribution in [0.1, 0.15) is 23.2 Å². The van der Waals surface area contributed by atoms with E-state index < -0.39 is 5.97 Å². The molecular formula is C12H13FO3S. The zero-order valence-corrected chi connectivity index (χ0v) is 10.0. The van der Waals surface area contributed by atoms with Gasteiger partial charge in [-0.25, -0.2) is 9.18 Å². The van der Waals surface area contributed by atoms with Crippen LogP contribution in [0.5, 0.6) is 0 Å². The normalized spacial score (nSPS) is 20.2. The smallest absolute Gasteiger partial charge is 0.335 e. The topological polar surface area (TPSA) is 46.5 Å². The van der Waals surface area contributed by atoms with Gasteiger partial charge in [-0.15, -0.1) is 11.8 Å². The molecule has 1 atom stereocenters. The van der Waals surface area contributed by atoms with Crippen LogP contribution >= 0.6 is 11.8 Å². The van der Waals surface area contributed by atoms with Crippen LogP contribution in [0.4, 0.5) is 4.39 Å². The first kappa shape index (κ1) is 12.4. The molecule has 92 valence electrons. The summed E-state index contributed by atoms with van der Waals surface area (Å²) in [4.78, 5) is 11.2. The van der Waals surface area contributed by atoms with Crippen LogP contribution in [0, 0.1) is 5.82 Å². The maximum atomic E-state index is 13.5. The summed E-state index contributed by atoms with van der Waals surface area (Å²) < 4.78 is 18.8. The predicted octanol–water partition coefficient (Wildman–Crippen LogP) is 2.80. The summed E-state index contributed by atoms with van der Waals surface area (Å²) in [6, 6.07) is 3.87. The van der Waals surface area contributed by atoms with Gasteiger partial charge in [-0.1, -0.05) is 0 Å². The second-order valence-electron chi connectivity index (χ2n) is 3.91. The summed E-state index contributed by atoms with van der Waals surface area (Å²) in [6.07, 6.45) is 1.94. The highest BCUT2D eigenvalue weighted by molar-refractivity contribution is 8.00. The number of halogens is 1. The van der Waals surface area contributed by atoms with E-state index in [0.717, 1.165) is 19.4 Å². The lowest BCUT2D eigenvalue weighted by molar-refractivity contribution is 0.0696. The minimum Gasteiger partial charge on any atom is -0.478 e. The molecule has 0 radical (unpaired) electrons. The third-order valence-corrected chi connectivity index (χ3v) is 3.86. The average molecular weight is 256 g/mol. The summed E-state index contributed by atoms with van der Waals surface area (Å²) >= 11 is 1.36. The lowest BCUT2D eigenvalue weighted by Gasteiger charge is -2.21. The number of hydrogen-bond acceptors (Lipinski definition) is 3.